The van der Waals surface area contributed by atoms with Gasteiger partial charge in [0.05, 0.1) is 12.0 Å². The molecule has 0 radical (unpaired) electrons. The third-order valence-corrected chi connectivity index (χ3v) is 3.96. The molecule has 1 heterocycles. The Morgan fingerprint density at radius 2 is 2.31 bits per heavy atom. The molecular weight excluding hydrogens is 204 g/mol. The van der Waals surface area contributed by atoms with Gasteiger partial charge in [-0.1, -0.05) is 0 Å². The normalized spacial score (nSPS) is 28.0. The Labute approximate surface area is 97.0 Å². The van der Waals surface area contributed by atoms with E-state index in [9.17, 15) is 4.79 Å². The highest BCUT2D eigenvalue weighted by Crippen LogP contribution is 2.45. The van der Waals surface area contributed by atoms with Crippen LogP contribution in [0.2, 0.25) is 0 Å². The fraction of sp³-hybridized carbons (Fsp3) is 0.917. The molecule has 0 bridgehead atoms. The summed E-state index contributed by atoms with van der Waals surface area (Å²) in [5.74, 6) is 0.788. The van der Waals surface area contributed by atoms with Gasteiger partial charge in [-0.3, -0.25) is 4.79 Å². The zero-order valence-electron chi connectivity index (χ0n) is 10.0. The standard InChI is InChI=1S/C12H22N2O2/c1-14-7-3-10(8-14)2-6-13-11(16)12(9-15)4-5-12/h10,15H,2-9H2,1H3,(H,13,16). The lowest BCUT2D eigenvalue weighted by molar-refractivity contribution is -0.127. The smallest absolute Gasteiger partial charge is 0.228 e. The maximum atomic E-state index is 11.7. The van der Waals surface area contributed by atoms with Crippen LogP contribution in [-0.4, -0.2) is 49.2 Å². The number of hydrogen-bond donors (Lipinski definition) is 2. The van der Waals surface area contributed by atoms with Crippen LogP contribution in [0.3, 0.4) is 0 Å². The number of likely N-dealkylation sites (tertiary alicyclic amines) is 1. The van der Waals surface area contributed by atoms with Crippen LogP contribution >= 0.6 is 0 Å². The minimum atomic E-state index is -0.410. The topological polar surface area (TPSA) is 52.6 Å². The van der Waals surface area contributed by atoms with Crippen molar-refractivity contribution in [2.24, 2.45) is 11.3 Å². The molecule has 92 valence electrons. The number of amides is 1. The number of carbonyl (C=O) groups is 1. The lowest BCUT2D eigenvalue weighted by Crippen LogP contribution is -2.35. The van der Waals surface area contributed by atoms with Crippen molar-refractivity contribution in [3.05, 3.63) is 0 Å². The molecule has 4 heteroatoms. The number of carbonyl (C=O) groups excluding carboxylic acids is 1. The van der Waals surface area contributed by atoms with E-state index in [1.165, 1.54) is 13.0 Å². The molecule has 1 saturated carbocycles. The molecule has 1 unspecified atom stereocenters. The van der Waals surface area contributed by atoms with Gasteiger partial charge in [0.25, 0.3) is 0 Å². The second kappa shape index (κ2) is 4.72. The average Bonchev–Trinajstić information content (AvgIpc) is 2.98. The van der Waals surface area contributed by atoms with Crippen LogP contribution in [0.1, 0.15) is 25.7 Å². The number of aliphatic hydroxyl groups excluding tert-OH is 1. The fourth-order valence-electron chi connectivity index (χ4n) is 2.45. The molecule has 0 aromatic heterocycles. The van der Waals surface area contributed by atoms with Crippen molar-refractivity contribution in [1.82, 2.24) is 10.2 Å². The molecule has 0 aromatic rings. The highest BCUT2D eigenvalue weighted by atomic mass is 16.3. The second-order valence-electron chi connectivity index (χ2n) is 5.40. The molecule has 16 heavy (non-hydrogen) atoms. The van der Waals surface area contributed by atoms with E-state index in [2.05, 4.69) is 17.3 Å². The highest BCUT2D eigenvalue weighted by Gasteiger charge is 2.49. The minimum absolute atomic E-state index is 0.00496. The third kappa shape index (κ3) is 2.55. The molecule has 2 rings (SSSR count). The second-order valence-corrected chi connectivity index (χ2v) is 5.40. The summed E-state index contributed by atoms with van der Waals surface area (Å²) in [4.78, 5) is 14.1. The number of nitrogens with zero attached hydrogens (tertiary/aromatic N) is 1. The number of rotatable bonds is 5. The van der Waals surface area contributed by atoms with Crippen molar-refractivity contribution in [3.63, 3.8) is 0 Å². The Morgan fingerprint density at radius 1 is 1.56 bits per heavy atom. The zero-order chi connectivity index (χ0) is 11.6. The van der Waals surface area contributed by atoms with E-state index in [0.717, 1.165) is 38.3 Å². The summed E-state index contributed by atoms with van der Waals surface area (Å²) in [6.07, 6.45) is 4.01. The lowest BCUT2D eigenvalue weighted by atomic mass is 10.0. The van der Waals surface area contributed by atoms with Crippen LogP contribution in [0, 0.1) is 11.3 Å². The Bertz CT molecular complexity index is 264. The van der Waals surface area contributed by atoms with Gasteiger partial charge in [0.15, 0.2) is 0 Å². The maximum Gasteiger partial charge on any atom is 0.228 e. The monoisotopic (exact) mass is 226 g/mol. The van der Waals surface area contributed by atoms with E-state index in [4.69, 9.17) is 5.11 Å². The first kappa shape index (κ1) is 11.9. The molecule has 1 saturated heterocycles. The third-order valence-electron chi connectivity index (χ3n) is 3.96. The van der Waals surface area contributed by atoms with Crippen LogP contribution in [0.25, 0.3) is 0 Å². The van der Waals surface area contributed by atoms with Gasteiger partial charge in [-0.15, -0.1) is 0 Å². The number of nitrogens with one attached hydrogen (secondary N) is 1. The van der Waals surface area contributed by atoms with Crippen LogP contribution in [0.15, 0.2) is 0 Å². The van der Waals surface area contributed by atoms with E-state index in [-0.39, 0.29) is 12.5 Å². The maximum absolute atomic E-state index is 11.7. The van der Waals surface area contributed by atoms with Crippen molar-refractivity contribution >= 4 is 5.91 Å². The Hall–Kier alpha value is -0.610. The van der Waals surface area contributed by atoms with Crippen molar-refractivity contribution in [2.75, 3.05) is 33.3 Å². The molecule has 1 amide bonds. The Morgan fingerprint density at radius 3 is 2.81 bits per heavy atom. The zero-order valence-corrected chi connectivity index (χ0v) is 10.0. The van der Waals surface area contributed by atoms with Gasteiger partial charge in [0.1, 0.15) is 0 Å². The summed E-state index contributed by atoms with van der Waals surface area (Å²) in [6.45, 7) is 3.10. The fourth-order valence-corrected chi connectivity index (χ4v) is 2.45. The first-order chi connectivity index (χ1) is 7.66. The summed E-state index contributed by atoms with van der Waals surface area (Å²) in [5.41, 5.74) is -0.410. The van der Waals surface area contributed by atoms with Crippen molar-refractivity contribution in [1.29, 1.82) is 0 Å². The Balaban J connectivity index is 1.63. The molecule has 1 aliphatic heterocycles. The molecule has 0 spiro atoms. The first-order valence-electron chi connectivity index (χ1n) is 6.24. The average molecular weight is 226 g/mol. The molecule has 2 N–H and O–H groups in total. The van der Waals surface area contributed by atoms with Gasteiger partial charge >= 0.3 is 0 Å². The number of aliphatic hydroxyl groups is 1. The van der Waals surface area contributed by atoms with Gasteiger partial charge in [-0.05, 0) is 45.2 Å². The van der Waals surface area contributed by atoms with Gasteiger partial charge in [0.2, 0.25) is 5.91 Å². The lowest BCUT2D eigenvalue weighted by Gasteiger charge is -2.14. The van der Waals surface area contributed by atoms with Crippen molar-refractivity contribution in [2.45, 2.75) is 25.7 Å². The van der Waals surface area contributed by atoms with Gasteiger partial charge in [-0.25, -0.2) is 0 Å². The molecule has 2 fully saturated rings. The largest absolute Gasteiger partial charge is 0.395 e. The summed E-state index contributed by atoms with van der Waals surface area (Å²) >= 11 is 0. The van der Waals surface area contributed by atoms with Gasteiger partial charge < -0.3 is 15.3 Å². The SMILES string of the molecule is CN1CCC(CCNC(=O)C2(CO)CC2)C1. The molecule has 2 aliphatic rings. The van der Waals surface area contributed by atoms with E-state index in [1.807, 2.05) is 0 Å². The van der Waals surface area contributed by atoms with Gasteiger partial charge in [0, 0.05) is 13.1 Å². The molecule has 1 aliphatic carbocycles. The number of hydrogen-bond acceptors (Lipinski definition) is 3. The molecule has 4 nitrogen and oxygen atoms in total. The molecule has 0 aromatic carbocycles. The summed E-state index contributed by atoms with van der Waals surface area (Å²) in [6, 6.07) is 0. The van der Waals surface area contributed by atoms with Crippen LogP contribution in [0.4, 0.5) is 0 Å². The first-order valence-corrected chi connectivity index (χ1v) is 6.24. The predicted molar refractivity (Wildman–Crippen MR) is 62.0 cm³/mol. The summed E-state index contributed by atoms with van der Waals surface area (Å²) < 4.78 is 0. The predicted octanol–water partition coefficient (Wildman–Crippen LogP) is 0.217. The summed E-state index contributed by atoms with van der Waals surface area (Å²) in [7, 11) is 2.14. The van der Waals surface area contributed by atoms with Crippen LogP contribution in [0.5, 0.6) is 0 Å². The quantitative estimate of drug-likeness (QED) is 0.705. The van der Waals surface area contributed by atoms with Crippen LogP contribution in [-0.2, 0) is 4.79 Å². The molecule has 1 atom stereocenters. The van der Waals surface area contributed by atoms with E-state index in [1.54, 1.807) is 0 Å². The van der Waals surface area contributed by atoms with E-state index in [0.29, 0.717) is 0 Å². The minimum Gasteiger partial charge on any atom is -0.395 e. The summed E-state index contributed by atoms with van der Waals surface area (Å²) in [5, 5.41) is 12.1. The van der Waals surface area contributed by atoms with Crippen molar-refractivity contribution < 1.29 is 9.90 Å². The molecular formula is C12H22N2O2. The van der Waals surface area contributed by atoms with Crippen molar-refractivity contribution in [3.8, 4) is 0 Å². The Kier molecular flexibility index (Phi) is 3.50. The van der Waals surface area contributed by atoms with E-state index >= 15 is 0 Å². The van der Waals surface area contributed by atoms with Crippen LogP contribution < -0.4 is 5.32 Å². The van der Waals surface area contributed by atoms with E-state index < -0.39 is 5.41 Å². The van der Waals surface area contributed by atoms with Gasteiger partial charge in [-0.2, -0.15) is 0 Å². The highest BCUT2D eigenvalue weighted by molar-refractivity contribution is 5.85.